The summed E-state index contributed by atoms with van der Waals surface area (Å²) in [6.45, 7) is 1.93. The van der Waals surface area contributed by atoms with Gasteiger partial charge in [0, 0.05) is 6.54 Å². The summed E-state index contributed by atoms with van der Waals surface area (Å²) in [5.74, 6) is -0.0242. The zero-order valence-electron chi connectivity index (χ0n) is 12.6. The summed E-state index contributed by atoms with van der Waals surface area (Å²) in [6, 6.07) is 5.36. The van der Waals surface area contributed by atoms with E-state index in [0.717, 1.165) is 12.1 Å². The normalized spacial score (nSPS) is 15.4. The molecule has 0 amide bonds. The van der Waals surface area contributed by atoms with Crippen molar-refractivity contribution in [1.82, 2.24) is 10.2 Å². The number of aryl methyl sites for hydroxylation is 1. The highest BCUT2D eigenvalue weighted by Gasteiger charge is 2.30. The molecule has 1 aromatic heterocycles. The highest BCUT2D eigenvalue weighted by atomic mass is 32.2. The number of H-pyrrole nitrogens is 1. The average Bonchev–Trinajstić information content (AvgIpc) is 3.03. The van der Waals surface area contributed by atoms with Gasteiger partial charge in [-0.25, -0.2) is 16.8 Å². The predicted octanol–water partition coefficient (Wildman–Crippen LogP) is 1.34. The summed E-state index contributed by atoms with van der Waals surface area (Å²) in [6.07, 6.45) is 2.97. The fourth-order valence-electron chi connectivity index (χ4n) is 2.59. The van der Waals surface area contributed by atoms with Crippen molar-refractivity contribution in [3.05, 3.63) is 36.2 Å². The molecule has 0 unspecified atom stereocenters. The van der Waals surface area contributed by atoms with Gasteiger partial charge in [-0.05, 0) is 37.1 Å². The molecule has 0 spiro atoms. The molecule has 1 aromatic carbocycles. The second-order valence-electron chi connectivity index (χ2n) is 5.29. The Hall–Kier alpha value is -1.87. The van der Waals surface area contributed by atoms with Crippen LogP contribution in [-0.2, 0) is 26.3 Å². The van der Waals surface area contributed by atoms with Gasteiger partial charge in [-0.2, -0.15) is 5.10 Å². The quantitative estimate of drug-likeness (QED) is 0.892. The van der Waals surface area contributed by atoms with Crippen molar-refractivity contribution in [1.29, 1.82) is 0 Å². The van der Waals surface area contributed by atoms with E-state index in [-0.39, 0.29) is 15.5 Å². The molecule has 0 saturated heterocycles. The Morgan fingerprint density at radius 2 is 1.78 bits per heavy atom. The molecule has 0 saturated carbocycles. The maximum Gasteiger partial charge on any atom is 0.264 e. The minimum Gasteiger partial charge on any atom is -0.280 e. The van der Waals surface area contributed by atoms with Gasteiger partial charge >= 0.3 is 0 Å². The Morgan fingerprint density at radius 1 is 1.13 bits per heavy atom. The molecule has 2 heterocycles. The van der Waals surface area contributed by atoms with Crippen LogP contribution in [0.1, 0.15) is 19.0 Å². The second-order valence-corrected chi connectivity index (χ2v) is 9.43. The Morgan fingerprint density at radius 3 is 2.43 bits per heavy atom. The molecule has 0 atom stereocenters. The van der Waals surface area contributed by atoms with Gasteiger partial charge in [-0.1, -0.05) is 6.92 Å². The molecule has 7 nitrogen and oxygen atoms in total. The Labute approximate surface area is 135 Å². The molecule has 1 aliphatic rings. The van der Waals surface area contributed by atoms with Crippen molar-refractivity contribution in [2.75, 3.05) is 16.6 Å². The fourth-order valence-corrected chi connectivity index (χ4v) is 4.99. The molecule has 0 bridgehead atoms. The minimum atomic E-state index is -3.74. The number of sulfone groups is 1. The first kappa shape index (κ1) is 16.0. The molecule has 2 aromatic rings. The van der Waals surface area contributed by atoms with Crippen molar-refractivity contribution >= 4 is 25.5 Å². The number of sulfonamides is 1. The van der Waals surface area contributed by atoms with Gasteiger partial charge in [0.25, 0.3) is 10.0 Å². The van der Waals surface area contributed by atoms with Crippen molar-refractivity contribution < 1.29 is 16.8 Å². The van der Waals surface area contributed by atoms with E-state index in [0.29, 0.717) is 18.7 Å². The van der Waals surface area contributed by atoms with Crippen molar-refractivity contribution in [3.63, 3.8) is 0 Å². The maximum atomic E-state index is 12.8. The molecule has 1 N–H and O–H groups in total. The number of aromatic nitrogens is 2. The number of benzene rings is 1. The monoisotopic (exact) mass is 355 g/mol. The summed E-state index contributed by atoms with van der Waals surface area (Å²) in [4.78, 5) is 0.197. The van der Waals surface area contributed by atoms with Crippen molar-refractivity contribution in [2.45, 2.75) is 29.6 Å². The van der Waals surface area contributed by atoms with E-state index in [4.69, 9.17) is 0 Å². The van der Waals surface area contributed by atoms with Crippen LogP contribution in [0.3, 0.4) is 0 Å². The van der Waals surface area contributed by atoms with Crippen LogP contribution < -0.4 is 4.31 Å². The molecule has 0 radical (unpaired) electrons. The van der Waals surface area contributed by atoms with Gasteiger partial charge < -0.3 is 0 Å². The van der Waals surface area contributed by atoms with E-state index in [1.54, 1.807) is 6.92 Å². The lowest BCUT2D eigenvalue weighted by molar-refractivity contribution is 0.585. The Balaban J connectivity index is 1.99. The standard InChI is InChI=1S/C14H17N3O4S2/c1-2-22(18,19)11-5-7-12(8-6-11)23(20,21)17-9-3-4-13-14(17)10-15-16-13/h5-8,10H,2-4,9H2,1H3,(H,15,16). The summed E-state index contributed by atoms with van der Waals surface area (Å²) in [5.41, 5.74) is 1.35. The van der Waals surface area contributed by atoms with Crippen LogP contribution in [0.4, 0.5) is 5.69 Å². The van der Waals surface area contributed by atoms with Crippen molar-refractivity contribution in [2.24, 2.45) is 0 Å². The number of rotatable bonds is 4. The minimum absolute atomic E-state index is 0.0242. The molecule has 3 rings (SSSR count). The lowest BCUT2D eigenvalue weighted by Gasteiger charge is -2.27. The van der Waals surface area contributed by atoms with Crippen LogP contribution in [-0.4, -0.2) is 39.3 Å². The molecular formula is C14H17N3O4S2. The fraction of sp³-hybridized carbons (Fsp3) is 0.357. The van der Waals surface area contributed by atoms with Crippen LogP contribution >= 0.6 is 0 Å². The highest BCUT2D eigenvalue weighted by molar-refractivity contribution is 7.93. The summed E-state index contributed by atoms with van der Waals surface area (Å²) >= 11 is 0. The van der Waals surface area contributed by atoms with E-state index in [2.05, 4.69) is 10.2 Å². The second kappa shape index (κ2) is 5.64. The van der Waals surface area contributed by atoms with Gasteiger partial charge in [0.15, 0.2) is 9.84 Å². The third kappa shape index (κ3) is 2.74. The number of hydrogen-bond acceptors (Lipinski definition) is 5. The first-order valence-corrected chi connectivity index (χ1v) is 10.3. The molecule has 0 fully saturated rings. The lowest BCUT2D eigenvalue weighted by Crippen LogP contribution is -2.35. The maximum absolute atomic E-state index is 12.8. The molecular weight excluding hydrogens is 338 g/mol. The zero-order chi connectivity index (χ0) is 16.7. The van der Waals surface area contributed by atoms with E-state index >= 15 is 0 Å². The Bertz CT molecular complexity index is 915. The van der Waals surface area contributed by atoms with Crippen LogP contribution in [0.25, 0.3) is 0 Å². The number of anilines is 1. The zero-order valence-corrected chi connectivity index (χ0v) is 14.2. The van der Waals surface area contributed by atoms with Crippen LogP contribution in [0.15, 0.2) is 40.3 Å². The highest BCUT2D eigenvalue weighted by Crippen LogP contribution is 2.30. The number of aromatic amines is 1. The topological polar surface area (TPSA) is 100 Å². The SMILES string of the molecule is CCS(=O)(=O)c1ccc(S(=O)(=O)N2CCCc3[nH]ncc32)cc1. The molecule has 23 heavy (non-hydrogen) atoms. The number of nitrogens with one attached hydrogen (secondary N) is 1. The molecule has 9 heteroatoms. The van der Waals surface area contributed by atoms with Crippen molar-refractivity contribution in [3.8, 4) is 0 Å². The van der Waals surface area contributed by atoms with E-state index in [1.807, 2.05) is 0 Å². The van der Waals surface area contributed by atoms with Gasteiger partial charge in [0.05, 0.1) is 33.1 Å². The van der Waals surface area contributed by atoms with E-state index in [9.17, 15) is 16.8 Å². The molecule has 0 aliphatic carbocycles. The van der Waals surface area contributed by atoms with Gasteiger partial charge in [0.1, 0.15) is 0 Å². The summed E-state index contributed by atoms with van der Waals surface area (Å²) in [5, 5.41) is 6.72. The van der Waals surface area contributed by atoms with Crippen LogP contribution in [0.5, 0.6) is 0 Å². The predicted molar refractivity (Wildman–Crippen MR) is 85.6 cm³/mol. The first-order valence-electron chi connectivity index (χ1n) is 7.24. The van der Waals surface area contributed by atoms with E-state index in [1.165, 1.54) is 34.8 Å². The molecule has 124 valence electrons. The largest absolute Gasteiger partial charge is 0.280 e. The number of nitrogens with zero attached hydrogens (tertiary/aromatic N) is 2. The number of hydrogen-bond donors (Lipinski definition) is 1. The van der Waals surface area contributed by atoms with E-state index < -0.39 is 19.9 Å². The molecule has 1 aliphatic heterocycles. The first-order chi connectivity index (χ1) is 10.9. The summed E-state index contributed by atoms with van der Waals surface area (Å²) in [7, 11) is -7.08. The average molecular weight is 355 g/mol. The lowest BCUT2D eigenvalue weighted by atomic mass is 10.1. The number of fused-ring (bicyclic) bond motifs is 1. The van der Waals surface area contributed by atoms with Gasteiger partial charge in [0.2, 0.25) is 0 Å². The van der Waals surface area contributed by atoms with Crippen LogP contribution in [0.2, 0.25) is 0 Å². The smallest absolute Gasteiger partial charge is 0.264 e. The Kier molecular flexibility index (Phi) is 3.93. The third-order valence-electron chi connectivity index (χ3n) is 3.90. The van der Waals surface area contributed by atoms with Gasteiger partial charge in [-0.3, -0.25) is 9.40 Å². The summed E-state index contributed by atoms with van der Waals surface area (Å²) < 4.78 is 50.6. The third-order valence-corrected chi connectivity index (χ3v) is 7.48. The van der Waals surface area contributed by atoms with Crippen LogP contribution in [0, 0.1) is 0 Å². The van der Waals surface area contributed by atoms with Gasteiger partial charge in [-0.15, -0.1) is 0 Å².